The predicted octanol–water partition coefficient (Wildman–Crippen LogP) is 7.73. The molecule has 180 valence electrons. The summed E-state index contributed by atoms with van der Waals surface area (Å²) in [5.41, 5.74) is 0.628. The second kappa shape index (κ2) is 11.8. The highest BCUT2D eigenvalue weighted by molar-refractivity contribution is 8.26. The highest BCUT2D eigenvalue weighted by Crippen LogP contribution is 2.37. The number of hydrogen-bond acceptors (Lipinski definition) is 6. The van der Waals surface area contributed by atoms with E-state index in [2.05, 4.69) is 0 Å². The Kier molecular flexibility index (Phi) is 8.56. The highest BCUT2D eigenvalue weighted by atomic mass is 32.2. The summed E-state index contributed by atoms with van der Waals surface area (Å²) in [6.45, 7) is 0. The number of thiocarbonyl (C=S) groups is 1. The van der Waals surface area contributed by atoms with Crippen LogP contribution in [0.25, 0.3) is 17.4 Å². The predicted molar refractivity (Wildman–Crippen MR) is 140 cm³/mol. The van der Waals surface area contributed by atoms with Gasteiger partial charge in [0.2, 0.25) is 0 Å². The number of carbonyl (C=O) groups is 1. The first-order chi connectivity index (χ1) is 16.5. The third kappa shape index (κ3) is 6.16. The van der Waals surface area contributed by atoms with Gasteiger partial charge < -0.3 is 4.42 Å². The van der Waals surface area contributed by atoms with E-state index in [0.717, 1.165) is 25.7 Å². The molecular formula is C26H30N2O4S2. The van der Waals surface area contributed by atoms with Gasteiger partial charge in [0.15, 0.2) is 0 Å². The molecule has 1 aromatic carbocycles. The van der Waals surface area contributed by atoms with Gasteiger partial charge in [-0.1, -0.05) is 93.9 Å². The van der Waals surface area contributed by atoms with Gasteiger partial charge in [0.1, 0.15) is 15.8 Å². The van der Waals surface area contributed by atoms with Crippen LogP contribution in [0, 0.1) is 10.1 Å². The van der Waals surface area contributed by atoms with Crippen LogP contribution in [-0.4, -0.2) is 26.1 Å². The summed E-state index contributed by atoms with van der Waals surface area (Å²) in [6.07, 6.45) is 14.9. The number of nitrogens with zero attached hydrogens (tertiary/aromatic N) is 2. The third-order valence-corrected chi connectivity index (χ3v) is 7.84. The molecule has 34 heavy (non-hydrogen) atoms. The quantitative estimate of drug-likeness (QED) is 0.186. The summed E-state index contributed by atoms with van der Waals surface area (Å²) in [5.74, 6) is 1.01. The van der Waals surface area contributed by atoms with Gasteiger partial charge in [-0.3, -0.25) is 19.8 Å². The van der Waals surface area contributed by atoms with Crippen molar-refractivity contribution >= 4 is 46.0 Å². The van der Waals surface area contributed by atoms with Crippen molar-refractivity contribution in [2.75, 3.05) is 0 Å². The van der Waals surface area contributed by atoms with Gasteiger partial charge in [0, 0.05) is 29.8 Å². The summed E-state index contributed by atoms with van der Waals surface area (Å²) in [6, 6.07) is 10.0. The smallest absolute Gasteiger partial charge is 0.270 e. The Hall–Kier alpha value is -2.45. The lowest BCUT2D eigenvalue weighted by molar-refractivity contribution is -0.384. The Labute approximate surface area is 209 Å². The lowest BCUT2D eigenvalue weighted by Crippen LogP contribution is -2.38. The average Bonchev–Trinajstić information content (AvgIpc) is 3.39. The molecule has 8 heteroatoms. The monoisotopic (exact) mass is 498 g/mol. The van der Waals surface area contributed by atoms with Crippen molar-refractivity contribution in [3.05, 3.63) is 57.2 Å². The van der Waals surface area contributed by atoms with Gasteiger partial charge in [-0.05, 0) is 25.0 Å². The van der Waals surface area contributed by atoms with Crippen molar-refractivity contribution in [2.45, 2.75) is 76.7 Å². The zero-order chi connectivity index (χ0) is 23.9. The van der Waals surface area contributed by atoms with Crippen molar-refractivity contribution in [3.63, 3.8) is 0 Å². The Balaban J connectivity index is 1.48. The number of furan rings is 1. The zero-order valence-electron chi connectivity index (χ0n) is 19.2. The summed E-state index contributed by atoms with van der Waals surface area (Å²) in [4.78, 5) is 26.4. The van der Waals surface area contributed by atoms with E-state index in [1.54, 1.807) is 30.3 Å². The van der Waals surface area contributed by atoms with Gasteiger partial charge in [-0.25, -0.2) is 0 Å². The van der Waals surface area contributed by atoms with Gasteiger partial charge >= 0.3 is 0 Å². The number of thioether (sulfide) groups is 1. The van der Waals surface area contributed by atoms with Crippen LogP contribution in [0.4, 0.5) is 5.69 Å². The normalized spacial score (nSPS) is 20.4. The van der Waals surface area contributed by atoms with E-state index in [9.17, 15) is 14.9 Å². The fourth-order valence-electron chi connectivity index (χ4n) is 4.68. The van der Waals surface area contributed by atoms with E-state index < -0.39 is 4.92 Å². The minimum absolute atomic E-state index is 0.00773. The van der Waals surface area contributed by atoms with E-state index in [4.69, 9.17) is 16.6 Å². The van der Waals surface area contributed by atoms with E-state index in [0.29, 0.717) is 26.3 Å². The molecule has 0 bridgehead atoms. The van der Waals surface area contributed by atoms with Crippen molar-refractivity contribution in [2.24, 2.45) is 0 Å². The molecule has 2 heterocycles. The summed E-state index contributed by atoms with van der Waals surface area (Å²) in [5, 5.41) is 11.1. The Morgan fingerprint density at radius 2 is 1.65 bits per heavy atom. The maximum atomic E-state index is 13.3. The summed E-state index contributed by atoms with van der Waals surface area (Å²) in [7, 11) is 0. The molecule has 1 aliphatic carbocycles. The molecule has 0 atom stereocenters. The van der Waals surface area contributed by atoms with Crippen LogP contribution in [0.1, 0.15) is 76.4 Å². The van der Waals surface area contributed by atoms with Crippen LogP contribution in [0.15, 0.2) is 45.7 Å². The molecule has 1 saturated carbocycles. The van der Waals surface area contributed by atoms with Crippen LogP contribution in [0.2, 0.25) is 0 Å². The van der Waals surface area contributed by atoms with Crippen molar-refractivity contribution in [1.29, 1.82) is 0 Å². The number of nitro groups is 1. The van der Waals surface area contributed by atoms with Crippen LogP contribution in [-0.2, 0) is 4.79 Å². The Morgan fingerprint density at radius 3 is 2.29 bits per heavy atom. The van der Waals surface area contributed by atoms with Crippen LogP contribution >= 0.6 is 24.0 Å². The molecule has 0 radical (unpaired) electrons. The largest absolute Gasteiger partial charge is 0.457 e. The topological polar surface area (TPSA) is 76.6 Å². The lowest BCUT2D eigenvalue weighted by atomic mass is 9.97. The first kappa shape index (κ1) is 24.7. The highest BCUT2D eigenvalue weighted by Gasteiger charge is 2.36. The number of hydrogen-bond donors (Lipinski definition) is 0. The van der Waals surface area contributed by atoms with Crippen molar-refractivity contribution in [3.8, 4) is 11.3 Å². The molecule has 0 spiro atoms. The number of non-ortho nitro benzene ring substituents is 1. The van der Waals surface area contributed by atoms with Gasteiger partial charge in [-0.15, -0.1) is 0 Å². The lowest BCUT2D eigenvalue weighted by Gasteiger charge is -2.27. The van der Waals surface area contributed by atoms with E-state index in [1.165, 1.54) is 68.8 Å². The van der Waals surface area contributed by atoms with Crippen molar-refractivity contribution in [1.82, 2.24) is 4.90 Å². The van der Waals surface area contributed by atoms with E-state index in [-0.39, 0.29) is 17.6 Å². The van der Waals surface area contributed by atoms with Crippen molar-refractivity contribution < 1.29 is 14.1 Å². The second-order valence-corrected chi connectivity index (χ2v) is 10.7. The summed E-state index contributed by atoms with van der Waals surface area (Å²) >= 11 is 6.96. The van der Waals surface area contributed by atoms with Crippen LogP contribution in [0.3, 0.4) is 0 Å². The summed E-state index contributed by atoms with van der Waals surface area (Å²) < 4.78 is 6.52. The van der Waals surface area contributed by atoms with Crippen LogP contribution in [0.5, 0.6) is 0 Å². The first-order valence-corrected chi connectivity index (χ1v) is 13.4. The van der Waals surface area contributed by atoms with E-state index in [1.807, 2.05) is 4.90 Å². The zero-order valence-corrected chi connectivity index (χ0v) is 20.9. The molecule has 2 aliphatic rings. The number of amides is 1. The SMILES string of the molecule is O=C1/C(=C\c2ccc(-c3cccc([N+](=O)[O-])c3)o2)SC(=S)N1C1CCCCCCCCCCC1. The van der Waals surface area contributed by atoms with E-state index >= 15 is 0 Å². The molecular weight excluding hydrogens is 468 g/mol. The first-order valence-electron chi connectivity index (χ1n) is 12.1. The molecule has 1 aliphatic heterocycles. The molecule has 0 N–H and O–H groups in total. The number of benzene rings is 1. The molecule has 2 aromatic rings. The van der Waals surface area contributed by atoms with Gasteiger partial charge in [-0.2, -0.15) is 0 Å². The maximum Gasteiger partial charge on any atom is 0.270 e. The fourth-order valence-corrected chi connectivity index (χ4v) is 6.06. The molecule has 1 amide bonds. The molecule has 1 saturated heterocycles. The standard InChI is InChI=1S/C26H30N2O4S2/c29-25-24(18-22-15-16-23(32-22)19-11-10-14-21(17-19)28(30)31)34-26(33)27(25)20-12-8-6-4-2-1-3-5-7-9-13-20/h10-11,14-18,20H,1-9,12-13H2/b24-18+. The van der Waals surface area contributed by atoms with Gasteiger partial charge in [0.25, 0.3) is 11.6 Å². The number of carbonyl (C=O) groups excluding carboxylic acids is 1. The molecule has 2 fully saturated rings. The number of nitro benzene ring substituents is 1. The molecule has 4 rings (SSSR count). The molecule has 6 nitrogen and oxygen atoms in total. The van der Waals surface area contributed by atoms with Crippen LogP contribution < -0.4 is 0 Å². The maximum absolute atomic E-state index is 13.3. The second-order valence-electron chi connectivity index (χ2n) is 8.97. The minimum atomic E-state index is -0.429. The Bertz CT molecular complexity index is 1070. The van der Waals surface area contributed by atoms with Gasteiger partial charge in [0.05, 0.1) is 9.83 Å². The molecule has 0 unspecified atom stereocenters. The Morgan fingerprint density at radius 1 is 1.00 bits per heavy atom. The minimum Gasteiger partial charge on any atom is -0.457 e. The third-order valence-electron chi connectivity index (χ3n) is 6.51. The average molecular weight is 499 g/mol. The fraction of sp³-hybridized carbons (Fsp3) is 0.462. The molecule has 1 aromatic heterocycles. The number of rotatable bonds is 4.